The van der Waals surface area contributed by atoms with Gasteiger partial charge in [0.2, 0.25) is 5.91 Å². The molecule has 0 aliphatic carbocycles. The number of hydrogen-bond donors (Lipinski definition) is 11. The van der Waals surface area contributed by atoms with Crippen molar-refractivity contribution < 1.29 is 79.2 Å². The Morgan fingerprint density at radius 1 is 0.583 bits per heavy atom. The molecule has 3 heterocycles. The van der Waals surface area contributed by atoms with Gasteiger partial charge in [-0.05, 0) is 19.3 Å². The molecule has 3 aliphatic heterocycles. The predicted molar refractivity (Wildman–Crippen MR) is 273 cm³/mol. The van der Waals surface area contributed by atoms with Gasteiger partial charge in [-0.1, -0.05) is 180 Å². The van der Waals surface area contributed by atoms with Crippen LogP contribution in [-0.2, 0) is 33.2 Å². The molecule has 0 aromatic rings. The van der Waals surface area contributed by atoms with Crippen LogP contribution in [0.2, 0.25) is 0 Å². The lowest BCUT2D eigenvalue weighted by molar-refractivity contribution is -0.366. The second-order valence-corrected chi connectivity index (χ2v) is 20.7. The average Bonchev–Trinajstić information content (AvgIpc) is 3.37. The minimum atomic E-state index is -1.82. The normalized spacial score (nSPS) is 31.0. The first-order valence-corrected chi connectivity index (χ1v) is 28.4. The second-order valence-electron chi connectivity index (χ2n) is 20.7. The maximum absolute atomic E-state index is 13.3. The zero-order valence-electron chi connectivity index (χ0n) is 44.2. The van der Waals surface area contributed by atoms with Gasteiger partial charge in [-0.3, -0.25) is 4.79 Å². The van der Waals surface area contributed by atoms with Crippen LogP contribution in [0.3, 0.4) is 0 Å². The van der Waals surface area contributed by atoms with Crippen molar-refractivity contribution in [1.82, 2.24) is 5.32 Å². The van der Waals surface area contributed by atoms with Crippen LogP contribution >= 0.6 is 0 Å². The van der Waals surface area contributed by atoms with Crippen LogP contribution in [0.1, 0.15) is 200 Å². The van der Waals surface area contributed by atoms with Crippen LogP contribution in [-0.4, -0.2) is 176 Å². The van der Waals surface area contributed by atoms with Crippen LogP contribution in [0.15, 0.2) is 12.2 Å². The molecule has 18 heteroatoms. The van der Waals surface area contributed by atoms with Crippen LogP contribution in [0.25, 0.3) is 0 Å². The summed E-state index contributed by atoms with van der Waals surface area (Å²) in [5.74, 6) is -0.207. The molecule has 0 radical (unpaired) electrons. The molecule has 3 fully saturated rings. The summed E-state index contributed by atoms with van der Waals surface area (Å²) in [6.45, 7) is 2.18. The Labute approximate surface area is 431 Å². The number of carbonyl (C=O) groups is 1. The quantitative estimate of drug-likeness (QED) is 0.0289. The van der Waals surface area contributed by atoms with E-state index >= 15 is 0 Å². The van der Waals surface area contributed by atoms with Crippen molar-refractivity contribution in [3.63, 3.8) is 0 Å². The summed E-state index contributed by atoms with van der Waals surface area (Å²) >= 11 is 0. The van der Waals surface area contributed by atoms with E-state index in [1.165, 1.54) is 128 Å². The number of nitrogens with two attached hydrogens (primary N) is 1. The minimum absolute atomic E-state index is 0.177. The number of amides is 1. The monoisotopic (exact) mass is 1030 g/mol. The molecule has 0 spiro atoms. The third-order valence-electron chi connectivity index (χ3n) is 14.6. The molecule has 72 heavy (non-hydrogen) atoms. The number of unbranched alkanes of at least 4 members (excludes halogenated alkanes) is 25. The van der Waals surface area contributed by atoms with E-state index in [0.29, 0.717) is 6.42 Å². The number of rotatable bonds is 41. The molecule has 0 saturated carbocycles. The van der Waals surface area contributed by atoms with Crippen molar-refractivity contribution in [3.8, 4) is 0 Å². The Morgan fingerprint density at radius 3 is 1.56 bits per heavy atom. The number of ether oxygens (including phenoxy) is 6. The summed E-state index contributed by atoms with van der Waals surface area (Å²) in [6, 6.07) is -2.21. The highest BCUT2D eigenvalue weighted by Crippen LogP contribution is 2.32. The van der Waals surface area contributed by atoms with E-state index in [4.69, 9.17) is 34.2 Å². The first-order chi connectivity index (χ1) is 34.9. The molecular weight excluding hydrogens is 933 g/mol. The Balaban J connectivity index is 1.52. The maximum atomic E-state index is 13.3. The molecule has 0 unspecified atom stereocenters. The lowest BCUT2D eigenvalue weighted by Gasteiger charge is -2.47. The highest BCUT2D eigenvalue weighted by atomic mass is 16.7. The van der Waals surface area contributed by atoms with Crippen molar-refractivity contribution in [2.45, 2.75) is 298 Å². The van der Waals surface area contributed by atoms with Gasteiger partial charge in [-0.25, -0.2) is 0 Å². The molecule has 0 aromatic heterocycles. The van der Waals surface area contributed by atoms with E-state index in [-0.39, 0.29) is 18.9 Å². The lowest BCUT2D eigenvalue weighted by atomic mass is 9.96. The Bertz CT molecular complexity index is 1370. The standard InChI is InChI=1S/C54H102N2O16/c1-3-5-7-9-11-13-15-17-18-20-22-24-26-28-30-32-44(62)56-38(39(60)31-29-27-25-23-21-19-16-14-12-10-8-6-4-2)37-67-45-33-40(61)51(43(36-59)68-45)71-54-50(66)52(48(64)42(35-58)70-54)72-53-46(55)49(65)47(63)41(34-57)69-53/h29,31,38-43,45-54,57-61,63-66H,3-28,30,32-37,55H2,1-2H3,(H,56,62)/b31-29-/t38-,39-,40-,41-,42-,43-,45-,46-,47-,48+,49-,50-,51+,52+,53+,54+/m1/s1. The largest absolute Gasteiger partial charge is 0.394 e. The van der Waals surface area contributed by atoms with Crippen LogP contribution in [0.5, 0.6) is 0 Å². The second kappa shape index (κ2) is 39.0. The number of aliphatic hydroxyl groups excluding tert-OH is 9. The van der Waals surface area contributed by atoms with Gasteiger partial charge in [0.05, 0.1) is 50.7 Å². The Kier molecular flexibility index (Phi) is 35.1. The minimum Gasteiger partial charge on any atom is -0.394 e. The summed E-state index contributed by atoms with van der Waals surface area (Å²) in [5.41, 5.74) is 6.02. The molecular formula is C54H102N2O16. The van der Waals surface area contributed by atoms with Gasteiger partial charge in [0.1, 0.15) is 54.9 Å². The number of aliphatic hydroxyl groups is 9. The molecule has 0 aromatic carbocycles. The fraction of sp³-hybridized carbons (Fsp3) is 0.944. The number of carbonyl (C=O) groups excluding carboxylic acids is 1. The van der Waals surface area contributed by atoms with E-state index in [1.807, 2.05) is 6.08 Å². The van der Waals surface area contributed by atoms with E-state index < -0.39 is 118 Å². The van der Waals surface area contributed by atoms with E-state index in [1.54, 1.807) is 6.08 Å². The van der Waals surface area contributed by atoms with Gasteiger partial charge < -0.3 is 85.4 Å². The molecule has 3 saturated heterocycles. The molecule has 3 rings (SSSR count). The molecule has 16 atom stereocenters. The number of hydrogen-bond acceptors (Lipinski definition) is 17. The topological polar surface area (TPSA) is 293 Å². The van der Waals surface area contributed by atoms with Crippen LogP contribution in [0, 0.1) is 0 Å². The maximum Gasteiger partial charge on any atom is 0.220 e. The predicted octanol–water partition coefficient (Wildman–Crippen LogP) is 4.81. The third-order valence-corrected chi connectivity index (χ3v) is 14.6. The van der Waals surface area contributed by atoms with Crippen molar-refractivity contribution in [2.75, 3.05) is 26.4 Å². The van der Waals surface area contributed by atoms with Crippen LogP contribution < -0.4 is 11.1 Å². The van der Waals surface area contributed by atoms with E-state index in [2.05, 4.69) is 19.2 Å². The molecule has 424 valence electrons. The van der Waals surface area contributed by atoms with Crippen molar-refractivity contribution >= 4 is 5.91 Å². The number of allylic oxidation sites excluding steroid dienone is 1. The highest BCUT2D eigenvalue weighted by Gasteiger charge is 2.52. The van der Waals surface area contributed by atoms with Crippen molar-refractivity contribution in [3.05, 3.63) is 12.2 Å². The SMILES string of the molecule is CCCCCCCCCCCCC/C=C\[C@@H](O)[C@@H](CO[C@H]1C[C@@H](O)[C@H](O[C@@H]2O[C@H](CO)[C@H](O)[C@H](O[C@@H]3O[C@H](CO)[C@@H](O)[C@H](O)[C@H]3N)[C@H]2O)[C@@H](CO)O1)NC(=O)CCCCCCCCCCCCCCCCC. The molecule has 18 nitrogen and oxygen atoms in total. The zero-order chi connectivity index (χ0) is 52.5. The summed E-state index contributed by atoms with van der Waals surface area (Å²) < 4.78 is 35.0. The van der Waals surface area contributed by atoms with Crippen molar-refractivity contribution in [1.29, 1.82) is 0 Å². The fourth-order valence-electron chi connectivity index (χ4n) is 9.87. The van der Waals surface area contributed by atoms with Gasteiger partial charge in [0, 0.05) is 12.8 Å². The summed E-state index contributed by atoms with van der Waals surface area (Å²) in [6.07, 6.45) is 16.2. The third kappa shape index (κ3) is 24.3. The Morgan fingerprint density at radius 2 is 1.04 bits per heavy atom. The molecule has 12 N–H and O–H groups in total. The molecule has 0 bridgehead atoms. The van der Waals surface area contributed by atoms with Gasteiger partial charge >= 0.3 is 0 Å². The van der Waals surface area contributed by atoms with E-state index in [9.17, 15) is 50.8 Å². The first-order valence-electron chi connectivity index (χ1n) is 28.4. The molecule has 3 aliphatic rings. The summed E-state index contributed by atoms with van der Waals surface area (Å²) in [5, 5.41) is 98.7. The Hall–Kier alpha value is -1.43. The molecule has 1 amide bonds. The van der Waals surface area contributed by atoms with Gasteiger partial charge in [0.25, 0.3) is 0 Å². The number of nitrogens with one attached hydrogen (secondary N) is 1. The lowest BCUT2D eigenvalue weighted by Crippen LogP contribution is -2.67. The van der Waals surface area contributed by atoms with Gasteiger partial charge in [-0.2, -0.15) is 0 Å². The average molecular weight is 1040 g/mol. The highest BCUT2D eigenvalue weighted by molar-refractivity contribution is 5.76. The zero-order valence-corrected chi connectivity index (χ0v) is 44.2. The van der Waals surface area contributed by atoms with Gasteiger partial charge in [0.15, 0.2) is 18.9 Å². The smallest absolute Gasteiger partial charge is 0.220 e. The first kappa shape index (κ1) is 64.9. The van der Waals surface area contributed by atoms with Crippen LogP contribution in [0.4, 0.5) is 0 Å². The van der Waals surface area contributed by atoms with Crippen molar-refractivity contribution in [2.24, 2.45) is 5.73 Å². The van der Waals surface area contributed by atoms with Gasteiger partial charge in [-0.15, -0.1) is 0 Å². The summed E-state index contributed by atoms with van der Waals surface area (Å²) in [7, 11) is 0. The van der Waals surface area contributed by atoms with E-state index in [0.717, 1.165) is 44.9 Å². The summed E-state index contributed by atoms with van der Waals surface area (Å²) in [4.78, 5) is 13.3. The fourth-order valence-corrected chi connectivity index (χ4v) is 9.87.